The summed E-state index contributed by atoms with van der Waals surface area (Å²) in [5.41, 5.74) is 6.79. The van der Waals surface area contributed by atoms with Crippen LogP contribution >= 0.6 is 0 Å². The van der Waals surface area contributed by atoms with Gasteiger partial charge in [0.25, 0.3) is 0 Å². The van der Waals surface area contributed by atoms with Gasteiger partial charge in [-0.3, -0.25) is 0 Å². The second-order valence-corrected chi connectivity index (χ2v) is 20.1. The Kier molecular flexibility index (Phi) is 10.2. The number of fused-ring (bicyclic) bond motifs is 12. The summed E-state index contributed by atoms with van der Waals surface area (Å²) in [7, 11) is 0. The molecule has 4 heterocycles. The standard InChI is InChI=1S/C69H39F6N5/c70-68(71,72)55-20-13-21-56(69(73,74)75)67(55)42-29-33-64(80-62-27-12-6-19-50(62)54-39-44(31-35-66(54)80)78-59-24-9-3-16-47(59)48-17-4-10-25-60(48)78)52(37-42)51-36-41(40-76)28-32-63(51)79-61-26-11-5-18-49(61)53-38-43(30-34-65(53)79)77-57-22-7-1-14-45(57)46-15-2-8-23-58(46)77/h1-39H. The van der Waals surface area contributed by atoms with Crippen LogP contribution in [0.4, 0.5) is 26.3 Å². The third-order valence-corrected chi connectivity index (χ3v) is 15.8. The Bertz CT molecular complexity index is 5000. The third-order valence-electron chi connectivity index (χ3n) is 15.8. The Morgan fingerprint density at radius 1 is 0.300 bits per heavy atom. The van der Waals surface area contributed by atoms with Gasteiger partial charge < -0.3 is 18.3 Å². The highest BCUT2D eigenvalue weighted by atomic mass is 19.4. The van der Waals surface area contributed by atoms with Crippen LogP contribution in [-0.2, 0) is 12.4 Å². The van der Waals surface area contributed by atoms with Gasteiger partial charge in [-0.15, -0.1) is 0 Å². The molecule has 0 bridgehead atoms. The predicted molar refractivity (Wildman–Crippen MR) is 309 cm³/mol. The molecule has 4 aromatic heterocycles. The summed E-state index contributed by atoms with van der Waals surface area (Å²) >= 11 is 0. The number of halogens is 6. The van der Waals surface area contributed by atoms with Crippen LogP contribution in [0.15, 0.2) is 237 Å². The number of benzene rings is 11. The minimum atomic E-state index is -5.15. The Morgan fingerprint density at radius 2 is 0.637 bits per heavy atom. The maximum Gasteiger partial charge on any atom is 0.417 e. The van der Waals surface area contributed by atoms with Gasteiger partial charge >= 0.3 is 12.4 Å². The molecule has 15 aromatic rings. The normalized spacial score (nSPS) is 12.4. The summed E-state index contributed by atoms with van der Waals surface area (Å²) in [6.07, 6.45) is -10.3. The number of nitriles is 1. The van der Waals surface area contributed by atoms with Crippen molar-refractivity contribution >= 4 is 87.2 Å². The zero-order valence-corrected chi connectivity index (χ0v) is 42.0. The lowest BCUT2D eigenvalue weighted by Crippen LogP contribution is -2.14. The molecule has 0 saturated heterocycles. The van der Waals surface area contributed by atoms with Gasteiger partial charge in [-0.25, -0.2) is 0 Å². The van der Waals surface area contributed by atoms with Gasteiger partial charge in [-0.2, -0.15) is 31.6 Å². The average molecular weight is 1050 g/mol. The van der Waals surface area contributed by atoms with Crippen LogP contribution in [0.1, 0.15) is 16.7 Å². The highest BCUT2D eigenvalue weighted by Crippen LogP contribution is 2.49. The first-order valence-corrected chi connectivity index (χ1v) is 26.0. The highest BCUT2D eigenvalue weighted by Gasteiger charge is 2.41. The van der Waals surface area contributed by atoms with Crippen molar-refractivity contribution in [1.82, 2.24) is 18.3 Å². The van der Waals surface area contributed by atoms with E-state index in [1.165, 1.54) is 12.1 Å². The highest BCUT2D eigenvalue weighted by molar-refractivity contribution is 6.15. The number of para-hydroxylation sites is 6. The van der Waals surface area contributed by atoms with E-state index in [9.17, 15) is 5.26 Å². The molecule has 80 heavy (non-hydrogen) atoms. The van der Waals surface area contributed by atoms with E-state index >= 15 is 26.3 Å². The number of aromatic nitrogens is 4. The fourth-order valence-corrected chi connectivity index (χ4v) is 12.6. The summed E-state index contributed by atoms with van der Waals surface area (Å²) in [5.74, 6) is 0. The number of rotatable bonds is 6. The topological polar surface area (TPSA) is 43.5 Å². The van der Waals surface area contributed by atoms with Crippen LogP contribution in [0.5, 0.6) is 0 Å². The number of nitrogens with zero attached hydrogens (tertiary/aromatic N) is 5. The van der Waals surface area contributed by atoms with E-state index in [2.05, 4.69) is 86.5 Å². The van der Waals surface area contributed by atoms with Crippen molar-refractivity contribution < 1.29 is 26.3 Å². The predicted octanol–water partition coefficient (Wildman–Crippen LogP) is 19.3. The van der Waals surface area contributed by atoms with Gasteiger partial charge in [0.05, 0.1) is 78.3 Å². The van der Waals surface area contributed by atoms with E-state index in [1.54, 1.807) is 18.2 Å². The molecule has 0 radical (unpaired) electrons. The molecule has 5 nitrogen and oxygen atoms in total. The molecule has 0 saturated carbocycles. The monoisotopic (exact) mass is 1050 g/mol. The van der Waals surface area contributed by atoms with Gasteiger partial charge in [0.15, 0.2) is 0 Å². The SMILES string of the molecule is N#Cc1ccc(-n2c3ccccc3c3cc(-n4c5ccccc5c5ccccc54)ccc32)c(-c2cc(-c3c(C(F)(F)F)cccc3C(F)(F)F)ccc2-n2c3ccccc3c3cc(-n4c5ccccc5c5ccccc54)ccc32)c1. The Morgan fingerprint density at radius 3 is 1.02 bits per heavy atom. The molecule has 0 atom stereocenters. The summed E-state index contributed by atoms with van der Waals surface area (Å²) in [6, 6.07) is 75.2. The molecular formula is C69H39F6N5. The molecule has 0 aliphatic heterocycles. The molecule has 0 fully saturated rings. The molecule has 11 aromatic carbocycles. The molecular weight excluding hydrogens is 1010 g/mol. The van der Waals surface area contributed by atoms with Crippen molar-refractivity contribution in [3.8, 4) is 51.1 Å². The summed E-state index contributed by atoms with van der Waals surface area (Å²) in [5, 5.41) is 18.6. The van der Waals surface area contributed by atoms with E-state index in [0.29, 0.717) is 34.6 Å². The number of alkyl halides is 6. The van der Waals surface area contributed by atoms with Crippen LogP contribution in [0, 0.1) is 11.3 Å². The molecule has 15 rings (SSSR count). The molecule has 0 unspecified atom stereocenters. The van der Waals surface area contributed by atoms with Gasteiger partial charge in [-0.1, -0.05) is 121 Å². The van der Waals surface area contributed by atoms with Gasteiger partial charge in [0.2, 0.25) is 0 Å². The van der Waals surface area contributed by atoms with E-state index in [4.69, 9.17) is 0 Å². The van der Waals surface area contributed by atoms with Crippen molar-refractivity contribution in [1.29, 1.82) is 5.26 Å². The molecule has 382 valence electrons. The Hall–Kier alpha value is -10.3. The maximum atomic E-state index is 15.2. The zero-order valence-electron chi connectivity index (χ0n) is 42.0. The van der Waals surface area contributed by atoms with E-state index in [-0.39, 0.29) is 11.1 Å². The molecule has 0 spiro atoms. The van der Waals surface area contributed by atoms with Crippen LogP contribution in [0.3, 0.4) is 0 Å². The lowest BCUT2D eigenvalue weighted by molar-refractivity contribution is -0.142. The van der Waals surface area contributed by atoms with Crippen LogP contribution in [0.2, 0.25) is 0 Å². The van der Waals surface area contributed by atoms with Crippen LogP contribution in [0.25, 0.3) is 132 Å². The summed E-state index contributed by atoms with van der Waals surface area (Å²) in [4.78, 5) is 0. The number of hydrogen-bond donors (Lipinski definition) is 0. The fraction of sp³-hybridized carbons (Fsp3) is 0.0290. The van der Waals surface area contributed by atoms with Crippen molar-refractivity contribution in [2.45, 2.75) is 12.4 Å². The van der Waals surface area contributed by atoms with Crippen molar-refractivity contribution in [3.63, 3.8) is 0 Å². The smallest absolute Gasteiger partial charge is 0.309 e. The van der Waals surface area contributed by atoms with E-state index in [0.717, 1.165) is 105 Å². The van der Waals surface area contributed by atoms with Crippen LogP contribution in [-0.4, -0.2) is 18.3 Å². The Labute approximate surface area is 451 Å². The molecule has 0 N–H and O–H groups in total. The van der Waals surface area contributed by atoms with E-state index < -0.39 is 29.0 Å². The first kappa shape index (κ1) is 46.9. The average Bonchev–Trinajstić information content (AvgIpc) is 4.34. The lowest BCUT2D eigenvalue weighted by atomic mass is 9.90. The van der Waals surface area contributed by atoms with E-state index in [1.807, 2.05) is 126 Å². The molecule has 0 aliphatic carbocycles. The van der Waals surface area contributed by atoms with Gasteiger partial charge in [0.1, 0.15) is 0 Å². The van der Waals surface area contributed by atoms with Crippen molar-refractivity contribution in [2.75, 3.05) is 0 Å². The molecule has 11 heteroatoms. The first-order chi connectivity index (χ1) is 38.9. The minimum absolute atomic E-state index is 0.235. The maximum absolute atomic E-state index is 15.2. The summed E-state index contributed by atoms with van der Waals surface area (Å²) in [6.45, 7) is 0. The zero-order chi connectivity index (χ0) is 54.2. The van der Waals surface area contributed by atoms with Crippen LogP contribution < -0.4 is 0 Å². The summed E-state index contributed by atoms with van der Waals surface area (Å²) < 4.78 is 99.7. The first-order valence-electron chi connectivity index (χ1n) is 26.0. The Balaban J connectivity index is 1.03. The lowest BCUT2D eigenvalue weighted by Gasteiger charge is -2.22. The third kappa shape index (κ3) is 6.98. The van der Waals surface area contributed by atoms with Crippen molar-refractivity contribution in [3.05, 3.63) is 253 Å². The second-order valence-electron chi connectivity index (χ2n) is 20.1. The molecule has 0 amide bonds. The second kappa shape index (κ2) is 17.3. The fourth-order valence-electron chi connectivity index (χ4n) is 12.6. The molecule has 0 aliphatic rings. The quantitative estimate of drug-likeness (QED) is 0.153. The van der Waals surface area contributed by atoms with Gasteiger partial charge in [0, 0.05) is 71.2 Å². The number of hydrogen-bond acceptors (Lipinski definition) is 1. The largest absolute Gasteiger partial charge is 0.417 e. The minimum Gasteiger partial charge on any atom is -0.309 e. The van der Waals surface area contributed by atoms with Gasteiger partial charge in [-0.05, 0) is 121 Å². The van der Waals surface area contributed by atoms with Crippen molar-refractivity contribution in [2.24, 2.45) is 0 Å².